The minimum Gasteiger partial charge on any atom is -0.480 e. The first-order valence-corrected chi connectivity index (χ1v) is 6.39. The third-order valence-electron chi connectivity index (χ3n) is 3.33. The molecule has 1 aromatic carbocycles. The molecule has 0 aromatic heterocycles. The maximum Gasteiger partial charge on any atom is 0.322 e. The lowest BCUT2D eigenvalue weighted by atomic mass is 10.1. The van der Waals surface area contributed by atoms with Crippen molar-refractivity contribution in [2.75, 3.05) is 19.6 Å². The van der Waals surface area contributed by atoms with E-state index in [1.165, 1.54) is 0 Å². The molecule has 4 nitrogen and oxygen atoms in total. The van der Waals surface area contributed by atoms with Crippen molar-refractivity contribution in [3.63, 3.8) is 0 Å². The van der Waals surface area contributed by atoms with Crippen molar-refractivity contribution < 1.29 is 23.1 Å². The summed E-state index contributed by atoms with van der Waals surface area (Å²) in [7, 11) is 0. The summed E-state index contributed by atoms with van der Waals surface area (Å²) < 4.78 is 39.6. The van der Waals surface area contributed by atoms with Gasteiger partial charge in [0.1, 0.15) is 6.04 Å². The van der Waals surface area contributed by atoms with Crippen LogP contribution in [0.15, 0.2) is 24.8 Å². The predicted octanol–water partition coefficient (Wildman–Crippen LogP) is 1.69. The van der Waals surface area contributed by atoms with Gasteiger partial charge in [0.15, 0.2) is 17.5 Å². The van der Waals surface area contributed by atoms with Crippen molar-refractivity contribution in [1.29, 1.82) is 0 Å². The van der Waals surface area contributed by atoms with Gasteiger partial charge in [-0.25, -0.2) is 13.2 Å². The lowest BCUT2D eigenvalue weighted by Gasteiger charge is -2.19. The summed E-state index contributed by atoms with van der Waals surface area (Å²) in [6, 6.07) is 0.738. The highest BCUT2D eigenvalue weighted by Crippen LogP contribution is 2.25. The van der Waals surface area contributed by atoms with E-state index in [4.69, 9.17) is 5.11 Å². The molecule has 0 spiro atoms. The van der Waals surface area contributed by atoms with Crippen molar-refractivity contribution in [2.24, 2.45) is 0 Å². The fourth-order valence-electron chi connectivity index (χ4n) is 2.14. The van der Waals surface area contributed by atoms with E-state index < -0.39 is 35.5 Å². The second-order valence-corrected chi connectivity index (χ2v) is 4.86. The number of rotatable bonds is 7. The lowest BCUT2D eigenvalue weighted by molar-refractivity contribution is -0.137. The molecule has 1 fully saturated rings. The smallest absolute Gasteiger partial charge is 0.322 e. The van der Waals surface area contributed by atoms with Crippen LogP contribution in [-0.2, 0) is 4.79 Å². The molecular formula is C14H15F3N2O2. The van der Waals surface area contributed by atoms with Crippen molar-refractivity contribution in [3.8, 4) is 0 Å². The fraction of sp³-hybridized carbons (Fsp3) is 0.357. The second kappa shape index (κ2) is 6.28. The number of carbonyl (C=O) groups is 1. The van der Waals surface area contributed by atoms with Gasteiger partial charge in [-0.05, 0) is 17.7 Å². The third-order valence-corrected chi connectivity index (χ3v) is 3.33. The lowest BCUT2D eigenvalue weighted by Crippen LogP contribution is -2.29. The van der Waals surface area contributed by atoms with E-state index in [1.54, 1.807) is 11.0 Å². The van der Waals surface area contributed by atoms with Crippen LogP contribution in [0.3, 0.4) is 0 Å². The van der Waals surface area contributed by atoms with Crippen LogP contribution in [0.4, 0.5) is 13.2 Å². The van der Waals surface area contributed by atoms with E-state index in [0.717, 1.165) is 12.1 Å². The van der Waals surface area contributed by atoms with Gasteiger partial charge >= 0.3 is 5.97 Å². The summed E-state index contributed by atoms with van der Waals surface area (Å²) >= 11 is 0. The van der Waals surface area contributed by atoms with E-state index in [1.807, 2.05) is 0 Å². The molecule has 1 aromatic rings. The Hall–Kier alpha value is -1.86. The SMILES string of the molecule is C=CCN[C@@H](CN1C[C@H]1C(=O)O)c1cc(F)c(F)c(F)c1. The van der Waals surface area contributed by atoms with E-state index in [2.05, 4.69) is 11.9 Å². The quantitative estimate of drug-likeness (QED) is 0.457. The summed E-state index contributed by atoms with van der Waals surface area (Å²) in [5.74, 6) is -4.99. The van der Waals surface area contributed by atoms with Crippen LogP contribution in [0, 0.1) is 17.5 Å². The Balaban J connectivity index is 2.16. The topological polar surface area (TPSA) is 52.3 Å². The number of hydrogen-bond donors (Lipinski definition) is 2. The molecule has 0 amide bonds. The Kier molecular flexibility index (Phi) is 4.64. The number of benzene rings is 1. The fourth-order valence-corrected chi connectivity index (χ4v) is 2.14. The van der Waals surface area contributed by atoms with Crippen LogP contribution < -0.4 is 5.32 Å². The van der Waals surface area contributed by atoms with Crippen LogP contribution in [0.1, 0.15) is 11.6 Å². The summed E-state index contributed by atoms with van der Waals surface area (Å²) in [6.07, 6.45) is 1.57. The van der Waals surface area contributed by atoms with Gasteiger partial charge in [0.05, 0.1) is 0 Å². The summed E-state index contributed by atoms with van der Waals surface area (Å²) in [6.45, 7) is 4.55. The molecule has 2 N–H and O–H groups in total. The predicted molar refractivity (Wildman–Crippen MR) is 70.3 cm³/mol. The molecule has 0 saturated carbocycles. The van der Waals surface area contributed by atoms with Crippen molar-refractivity contribution in [3.05, 3.63) is 47.8 Å². The maximum atomic E-state index is 13.3. The van der Waals surface area contributed by atoms with E-state index in [9.17, 15) is 18.0 Å². The van der Waals surface area contributed by atoms with Crippen molar-refractivity contribution in [2.45, 2.75) is 12.1 Å². The molecule has 1 aliphatic heterocycles. The molecule has 1 aliphatic rings. The zero-order chi connectivity index (χ0) is 15.6. The Morgan fingerprint density at radius 1 is 1.48 bits per heavy atom. The molecule has 7 heteroatoms. The van der Waals surface area contributed by atoms with Crippen LogP contribution in [-0.4, -0.2) is 41.7 Å². The molecule has 0 radical (unpaired) electrons. The van der Waals surface area contributed by atoms with Gasteiger partial charge in [0.2, 0.25) is 0 Å². The number of nitrogens with zero attached hydrogens (tertiary/aromatic N) is 1. The molecule has 21 heavy (non-hydrogen) atoms. The number of halogens is 3. The molecule has 3 atom stereocenters. The number of aliphatic carboxylic acids is 1. The number of hydrogen-bond acceptors (Lipinski definition) is 3. The molecule has 0 aliphatic carbocycles. The summed E-state index contributed by atoms with van der Waals surface area (Å²) in [5.41, 5.74) is 0.226. The van der Waals surface area contributed by atoms with E-state index in [0.29, 0.717) is 13.1 Å². The molecule has 1 saturated heterocycles. The van der Waals surface area contributed by atoms with E-state index in [-0.39, 0.29) is 12.1 Å². The number of carboxylic acids is 1. The van der Waals surface area contributed by atoms with E-state index >= 15 is 0 Å². The van der Waals surface area contributed by atoms with Gasteiger partial charge in [-0.2, -0.15) is 0 Å². The Bertz CT molecular complexity index is 542. The van der Waals surface area contributed by atoms with Crippen LogP contribution in [0.2, 0.25) is 0 Å². The number of nitrogens with one attached hydrogen (secondary N) is 1. The van der Waals surface area contributed by atoms with Gasteiger partial charge in [-0.15, -0.1) is 6.58 Å². The second-order valence-electron chi connectivity index (χ2n) is 4.86. The standard InChI is InChI=1S/C14H15F3N2O2/c1-2-3-18-11(6-19-7-12(19)14(20)21)8-4-9(15)13(17)10(16)5-8/h2,4-5,11-12,18H,1,3,6-7H2,(H,20,21)/t11-,12-,19?/m0/s1. The minimum absolute atomic E-state index is 0.226. The third kappa shape index (κ3) is 3.62. The van der Waals surface area contributed by atoms with Crippen LogP contribution >= 0.6 is 0 Å². The van der Waals surface area contributed by atoms with Crippen molar-refractivity contribution in [1.82, 2.24) is 10.2 Å². The first-order valence-electron chi connectivity index (χ1n) is 6.39. The summed E-state index contributed by atoms with van der Waals surface area (Å²) in [4.78, 5) is 12.5. The first kappa shape index (κ1) is 15.5. The van der Waals surface area contributed by atoms with Gasteiger partial charge < -0.3 is 10.4 Å². The first-order chi connectivity index (χ1) is 9.93. The Labute approximate surface area is 119 Å². The highest BCUT2D eigenvalue weighted by molar-refractivity contribution is 5.76. The van der Waals surface area contributed by atoms with Crippen LogP contribution in [0.25, 0.3) is 0 Å². The number of carboxylic acid groups (broad SMARTS) is 1. The maximum absolute atomic E-state index is 13.3. The molecular weight excluding hydrogens is 285 g/mol. The largest absolute Gasteiger partial charge is 0.480 e. The van der Waals surface area contributed by atoms with Crippen molar-refractivity contribution >= 4 is 5.97 Å². The monoisotopic (exact) mass is 300 g/mol. The minimum atomic E-state index is -1.52. The van der Waals surface area contributed by atoms with Gasteiger partial charge in [0.25, 0.3) is 0 Å². The molecule has 1 unspecified atom stereocenters. The normalized spacial score (nSPS) is 21.9. The molecule has 2 rings (SSSR count). The highest BCUT2D eigenvalue weighted by atomic mass is 19.2. The molecule has 1 heterocycles. The Morgan fingerprint density at radius 3 is 2.57 bits per heavy atom. The molecule has 0 bridgehead atoms. The van der Waals surface area contributed by atoms with Gasteiger partial charge in [-0.3, -0.25) is 9.69 Å². The average molecular weight is 300 g/mol. The summed E-state index contributed by atoms with van der Waals surface area (Å²) in [5, 5.41) is 11.8. The zero-order valence-corrected chi connectivity index (χ0v) is 11.2. The molecule has 114 valence electrons. The highest BCUT2D eigenvalue weighted by Gasteiger charge is 2.41. The van der Waals surface area contributed by atoms with Crippen LogP contribution in [0.5, 0.6) is 0 Å². The van der Waals surface area contributed by atoms with Gasteiger partial charge in [0, 0.05) is 25.7 Å². The van der Waals surface area contributed by atoms with Gasteiger partial charge in [-0.1, -0.05) is 6.08 Å². The zero-order valence-electron chi connectivity index (χ0n) is 11.2. The Morgan fingerprint density at radius 2 is 2.10 bits per heavy atom. The average Bonchev–Trinajstić information content (AvgIpc) is 3.19.